The van der Waals surface area contributed by atoms with E-state index in [9.17, 15) is 14.4 Å². The first kappa shape index (κ1) is 24.6. The van der Waals surface area contributed by atoms with Crippen LogP contribution in [0.3, 0.4) is 0 Å². The molecule has 1 N–H and O–H groups in total. The van der Waals surface area contributed by atoms with Crippen molar-refractivity contribution in [2.45, 2.75) is 18.1 Å². The third kappa shape index (κ3) is 5.66. The van der Waals surface area contributed by atoms with Gasteiger partial charge in [-0.2, -0.15) is 5.26 Å². The zero-order valence-corrected chi connectivity index (χ0v) is 19.9. The number of methoxy groups -OCH3 is 1. The van der Waals surface area contributed by atoms with Gasteiger partial charge in [0.1, 0.15) is 5.75 Å². The van der Waals surface area contributed by atoms with E-state index in [-0.39, 0.29) is 18.0 Å². The molecular weight excluding hydrogens is 452 g/mol. The zero-order valence-electron chi connectivity index (χ0n) is 19.1. The van der Waals surface area contributed by atoms with E-state index < -0.39 is 11.2 Å². The van der Waals surface area contributed by atoms with Gasteiger partial charge in [0.15, 0.2) is 0 Å². The number of hydrogen-bond donors (Lipinski definition) is 1. The Balaban J connectivity index is 1.86. The number of hydrogen-bond acceptors (Lipinski definition) is 6. The highest BCUT2D eigenvalue weighted by molar-refractivity contribution is 7.98. The molecule has 1 aromatic heterocycles. The van der Waals surface area contributed by atoms with E-state index in [1.54, 1.807) is 44.7 Å². The summed E-state index contributed by atoms with van der Waals surface area (Å²) in [6.07, 6.45) is 4.48. The molecule has 0 spiro atoms. The Hall–Kier alpha value is -4.03. The summed E-state index contributed by atoms with van der Waals surface area (Å²) in [6.45, 7) is 0.348. The van der Waals surface area contributed by atoms with E-state index in [1.807, 2.05) is 30.3 Å². The molecule has 1 heterocycles. The van der Waals surface area contributed by atoms with Crippen molar-refractivity contribution in [3.63, 3.8) is 0 Å². The minimum absolute atomic E-state index is 0.0503. The lowest BCUT2D eigenvalue weighted by Crippen LogP contribution is -2.41. The summed E-state index contributed by atoms with van der Waals surface area (Å²) in [5.74, 6) is 0.321. The molecule has 8 nitrogen and oxygen atoms in total. The van der Waals surface area contributed by atoms with Crippen LogP contribution < -0.4 is 21.3 Å². The van der Waals surface area contributed by atoms with Crippen LogP contribution in [0.25, 0.3) is 6.08 Å². The third-order valence-electron chi connectivity index (χ3n) is 5.15. The van der Waals surface area contributed by atoms with Crippen molar-refractivity contribution in [2.75, 3.05) is 13.4 Å². The molecule has 0 unspecified atom stereocenters. The standard InChI is InChI=1S/C25H24N4O4S/c1-28-24(34-3)21(11-12-22(30)27-15-19-5-4-6-20(13-19)33-2)23(31)29(25(28)32)16-18-9-7-17(14-26)8-10-18/h4-13H,15-16H2,1-3H3,(H,27,30)/b12-11+. The van der Waals surface area contributed by atoms with Crippen molar-refractivity contribution in [3.05, 3.63) is 97.7 Å². The van der Waals surface area contributed by atoms with Gasteiger partial charge in [0, 0.05) is 19.7 Å². The van der Waals surface area contributed by atoms with E-state index in [2.05, 4.69) is 5.32 Å². The SMILES string of the molecule is COc1cccc(CNC(=O)/C=C/c2c(SC)n(C)c(=O)n(Cc3ccc(C#N)cc3)c2=O)c1. The summed E-state index contributed by atoms with van der Waals surface area (Å²) < 4.78 is 7.70. The first-order chi connectivity index (χ1) is 16.4. The molecule has 0 bridgehead atoms. The van der Waals surface area contributed by atoms with E-state index >= 15 is 0 Å². The summed E-state index contributed by atoms with van der Waals surface area (Å²) in [5.41, 5.74) is 1.37. The van der Waals surface area contributed by atoms with Crippen LogP contribution in [0.2, 0.25) is 0 Å². The predicted octanol–water partition coefficient (Wildman–Crippen LogP) is 2.53. The molecule has 2 aromatic carbocycles. The average molecular weight is 477 g/mol. The Morgan fingerprint density at radius 3 is 2.56 bits per heavy atom. The highest BCUT2D eigenvalue weighted by Gasteiger charge is 2.15. The Morgan fingerprint density at radius 2 is 1.91 bits per heavy atom. The molecule has 3 rings (SSSR count). The van der Waals surface area contributed by atoms with Crippen molar-refractivity contribution in [1.82, 2.24) is 14.5 Å². The first-order valence-electron chi connectivity index (χ1n) is 10.3. The van der Waals surface area contributed by atoms with Crippen LogP contribution in [-0.4, -0.2) is 28.4 Å². The lowest BCUT2D eigenvalue weighted by Gasteiger charge is -2.14. The zero-order chi connectivity index (χ0) is 24.7. The van der Waals surface area contributed by atoms with Gasteiger partial charge >= 0.3 is 5.69 Å². The number of aromatic nitrogens is 2. The number of carbonyl (C=O) groups excluding carboxylic acids is 1. The number of nitriles is 1. The number of amides is 1. The van der Waals surface area contributed by atoms with Gasteiger partial charge in [-0.1, -0.05) is 24.3 Å². The topological polar surface area (TPSA) is 106 Å². The van der Waals surface area contributed by atoms with Crippen LogP contribution in [0.4, 0.5) is 0 Å². The highest BCUT2D eigenvalue weighted by atomic mass is 32.2. The van der Waals surface area contributed by atoms with Crippen LogP contribution in [-0.2, 0) is 24.9 Å². The number of thioether (sulfide) groups is 1. The Labute approximate surface area is 201 Å². The van der Waals surface area contributed by atoms with Crippen molar-refractivity contribution >= 4 is 23.7 Å². The van der Waals surface area contributed by atoms with Gasteiger partial charge < -0.3 is 10.1 Å². The maximum absolute atomic E-state index is 13.2. The van der Waals surface area contributed by atoms with E-state index in [0.29, 0.717) is 28.4 Å². The summed E-state index contributed by atoms with van der Waals surface area (Å²) in [5, 5.41) is 12.2. The average Bonchev–Trinajstić information content (AvgIpc) is 2.87. The maximum Gasteiger partial charge on any atom is 0.331 e. The molecule has 0 aliphatic rings. The molecule has 0 saturated carbocycles. The monoisotopic (exact) mass is 476 g/mol. The van der Waals surface area contributed by atoms with Crippen molar-refractivity contribution in [2.24, 2.45) is 7.05 Å². The molecule has 0 aliphatic heterocycles. The normalized spacial score (nSPS) is 10.8. The van der Waals surface area contributed by atoms with Crippen LogP contribution in [0.1, 0.15) is 22.3 Å². The third-order valence-corrected chi connectivity index (χ3v) is 6.03. The van der Waals surface area contributed by atoms with Crippen LogP contribution in [0.15, 0.2) is 69.2 Å². The first-order valence-corrected chi connectivity index (χ1v) is 11.6. The number of carbonyl (C=O) groups is 1. The Morgan fingerprint density at radius 1 is 1.18 bits per heavy atom. The number of nitrogens with one attached hydrogen (secondary N) is 1. The Bertz CT molecular complexity index is 1380. The summed E-state index contributed by atoms with van der Waals surface area (Å²) >= 11 is 1.25. The van der Waals surface area contributed by atoms with Gasteiger partial charge in [-0.3, -0.25) is 18.7 Å². The Kier molecular flexibility index (Phi) is 8.11. The van der Waals surface area contributed by atoms with Crippen LogP contribution in [0, 0.1) is 11.3 Å². The maximum atomic E-state index is 13.2. The lowest BCUT2D eigenvalue weighted by molar-refractivity contribution is -0.116. The molecule has 174 valence electrons. The van der Waals surface area contributed by atoms with Crippen molar-refractivity contribution in [3.8, 4) is 11.8 Å². The lowest BCUT2D eigenvalue weighted by atomic mass is 10.1. The second kappa shape index (κ2) is 11.2. The van der Waals surface area contributed by atoms with Gasteiger partial charge in [0.2, 0.25) is 5.91 Å². The van der Waals surface area contributed by atoms with E-state index in [1.165, 1.54) is 28.5 Å². The second-order valence-corrected chi connectivity index (χ2v) is 8.16. The fourth-order valence-electron chi connectivity index (χ4n) is 3.36. The molecule has 0 fully saturated rings. The van der Waals surface area contributed by atoms with Gasteiger partial charge in [-0.15, -0.1) is 11.8 Å². The molecular formula is C25H24N4O4S. The molecule has 34 heavy (non-hydrogen) atoms. The molecule has 9 heteroatoms. The number of benzene rings is 2. The van der Waals surface area contributed by atoms with Crippen LogP contribution >= 0.6 is 11.8 Å². The number of nitrogens with zero attached hydrogens (tertiary/aromatic N) is 3. The predicted molar refractivity (Wildman–Crippen MR) is 132 cm³/mol. The molecule has 0 radical (unpaired) electrons. The smallest absolute Gasteiger partial charge is 0.331 e. The molecule has 0 atom stereocenters. The number of ether oxygens (including phenoxy) is 1. The summed E-state index contributed by atoms with van der Waals surface area (Å²) in [7, 11) is 3.16. The van der Waals surface area contributed by atoms with Gasteiger partial charge in [0.05, 0.1) is 35.9 Å². The van der Waals surface area contributed by atoms with Crippen molar-refractivity contribution in [1.29, 1.82) is 5.26 Å². The van der Waals surface area contributed by atoms with Gasteiger partial charge in [-0.25, -0.2) is 4.79 Å². The second-order valence-electron chi connectivity index (χ2n) is 7.37. The van der Waals surface area contributed by atoms with Crippen molar-refractivity contribution < 1.29 is 9.53 Å². The molecule has 1 amide bonds. The summed E-state index contributed by atoms with van der Waals surface area (Å²) in [6, 6.07) is 16.1. The summed E-state index contributed by atoms with van der Waals surface area (Å²) in [4.78, 5) is 38.4. The fraction of sp³-hybridized carbons (Fsp3) is 0.200. The molecule has 0 aliphatic carbocycles. The number of rotatable bonds is 8. The van der Waals surface area contributed by atoms with E-state index in [0.717, 1.165) is 10.1 Å². The van der Waals surface area contributed by atoms with Gasteiger partial charge in [-0.05, 0) is 47.7 Å². The molecule has 0 saturated heterocycles. The molecule has 3 aromatic rings. The van der Waals surface area contributed by atoms with E-state index in [4.69, 9.17) is 10.00 Å². The largest absolute Gasteiger partial charge is 0.497 e. The quantitative estimate of drug-likeness (QED) is 0.304. The fourth-order valence-corrected chi connectivity index (χ4v) is 4.09. The highest BCUT2D eigenvalue weighted by Crippen LogP contribution is 2.17. The minimum atomic E-state index is -0.492. The van der Waals surface area contributed by atoms with Gasteiger partial charge in [0.25, 0.3) is 5.56 Å². The van der Waals surface area contributed by atoms with Crippen LogP contribution in [0.5, 0.6) is 5.75 Å². The minimum Gasteiger partial charge on any atom is -0.497 e.